The Morgan fingerprint density at radius 3 is 2.79 bits per heavy atom. The van der Waals surface area contributed by atoms with E-state index in [-0.39, 0.29) is 11.7 Å². The van der Waals surface area contributed by atoms with E-state index < -0.39 is 0 Å². The zero-order valence-corrected chi connectivity index (χ0v) is 16.4. The molecule has 0 saturated heterocycles. The molecule has 1 N–H and O–H groups in total. The van der Waals surface area contributed by atoms with E-state index in [1.54, 1.807) is 0 Å². The molecule has 0 aliphatic heterocycles. The molecule has 7 heteroatoms. The van der Waals surface area contributed by atoms with E-state index in [4.69, 9.17) is 9.15 Å². The number of nitrogens with one attached hydrogen (secondary N) is 1. The fourth-order valence-electron chi connectivity index (χ4n) is 3.22. The van der Waals surface area contributed by atoms with Crippen LogP contribution < -0.4 is 10.1 Å². The number of benzene rings is 2. The van der Waals surface area contributed by atoms with Crippen LogP contribution in [0, 0.1) is 0 Å². The summed E-state index contributed by atoms with van der Waals surface area (Å²) in [5, 5.41) is 11.4. The number of fused-ring (bicyclic) bond motifs is 1. The summed E-state index contributed by atoms with van der Waals surface area (Å²) in [4.78, 5) is 12.2. The quantitative estimate of drug-likeness (QED) is 0.599. The standard InChI is InChI=1S/C21H21N3O3S/c1-2-26-18-10-7-15(8-11-18)20-23-24-21(27-20)28-13-19(25)22-17-9-6-14-4-3-5-16(14)12-17/h6-12H,2-5,13H2,1H3,(H,22,25). The van der Waals surface area contributed by atoms with Crippen LogP contribution in [0.25, 0.3) is 11.5 Å². The number of carbonyl (C=O) groups is 1. The van der Waals surface area contributed by atoms with Crippen molar-refractivity contribution in [1.82, 2.24) is 10.2 Å². The summed E-state index contributed by atoms with van der Waals surface area (Å²) in [7, 11) is 0. The van der Waals surface area contributed by atoms with E-state index in [1.807, 2.05) is 37.3 Å². The molecule has 0 bridgehead atoms. The summed E-state index contributed by atoms with van der Waals surface area (Å²) in [5.74, 6) is 1.33. The summed E-state index contributed by atoms with van der Waals surface area (Å²) in [6.45, 7) is 2.56. The molecule has 1 aliphatic rings. The molecule has 1 heterocycles. The minimum absolute atomic E-state index is 0.0937. The summed E-state index contributed by atoms with van der Waals surface area (Å²) >= 11 is 1.22. The molecule has 1 aromatic heterocycles. The molecule has 0 unspecified atom stereocenters. The first-order chi connectivity index (χ1) is 13.7. The Hall–Kier alpha value is -2.80. The Morgan fingerprint density at radius 2 is 1.96 bits per heavy atom. The van der Waals surface area contributed by atoms with Crippen LogP contribution in [-0.4, -0.2) is 28.5 Å². The number of carbonyl (C=O) groups excluding carboxylic acids is 1. The van der Waals surface area contributed by atoms with Crippen molar-refractivity contribution >= 4 is 23.4 Å². The number of thioether (sulfide) groups is 1. The van der Waals surface area contributed by atoms with Crippen LogP contribution in [0.15, 0.2) is 52.1 Å². The minimum atomic E-state index is -0.0937. The molecule has 1 amide bonds. The van der Waals surface area contributed by atoms with Gasteiger partial charge in [0.05, 0.1) is 12.4 Å². The Bertz CT molecular complexity index is 969. The normalized spacial score (nSPS) is 12.6. The third-order valence-electron chi connectivity index (χ3n) is 4.53. The number of rotatable bonds is 7. The van der Waals surface area contributed by atoms with E-state index in [0.717, 1.165) is 29.8 Å². The third kappa shape index (κ3) is 4.36. The van der Waals surface area contributed by atoms with Crippen molar-refractivity contribution in [2.45, 2.75) is 31.4 Å². The van der Waals surface area contributed by atoms with Gasteiger partial charge in [-0.05, 0) is 73.7 Å². The summed E-state index contributed by atoms with van der Waals surface area (Å²) < 4.78 is 11.1. The van der Waals surface area contributed by atoms with Crippen molar-refractivity contribution in [2.24, 2.45) is 0 Å². The first-order valence-electron chi connectivity index (χ1n) is 9.32. The highest BCUT2D eigenvalue weighted by molar-refractivity contribution is 7.99. The average molecular weight is 395 g/mol. The highest BCUT2D eigenvalue weighted by atomic mass is 32.2. The number of hydrogen-bond acceptors (Lipinski definition) is 6. The van der Waals surface area contributed by atoms with Crippen molar-refractivity contribution in [3.05, 3.63) is 53.6 Å². The first-order valence-corrected chi connectivity index (χ1v) is 10.3. The van der Waals surface area contributed by atoms with Gasteiger partial charge in [0.25, 0.3) is 5.22 Å². The first kappa shape index (κ1) is 18.6. The smallest absolute Gasteiger partial charge is 0.277 e. The molecule has 0 radical (unpaired) electrons. The van der Waals surface area contributed by atoms with Crippen LogP contribution >= 0.6 is 11.8 Å². The molecule has 0 fully saturated rings. The molecule has 0 saturated carbocycles. The molecule has 2 aromatic carbocycles. The molecule has 4 rings (SSSR count). The minimum Gasteiger partial charge on any atom is -0.494 e. The third-order valence-corrected chi connectivity index (χ3v) is 5.35. The highest BCUT2D eigenvalue weighted by Crippen LogP contribution is 2.26. The van der Waals surface area contributed by atoms with Gasteiger partial charge in [0.1, 0.15) is 5.75 Å². The number of amides is 1. The van der Waals surface area contributed by atoms with Crippen LogP contribution in [0.4, 0.5) is 5.69 Å². The zero-order chi connectivity index (χ0) is 19.3. The maximum Gasteiger partial charge on any atom is 0.277 e. The van der Waals surface area contributed by atoms with Gasteiger partial charge in [-0.15, -0.1) is 10.2 Å². The van der Waals surface area contributed by atoms with Crippen molar-refractivity contribution in [2.75, 3.05) is 17.7 Å². The molecule has 144 valence electrons. The molecule has 3 aromatic rings. The fraction of sp³-hybridized carbons (Fsp3) is 0.286. The Kier molecular flexibility index (Phi) is 5.62. The van der Waals surface area contributed by atoms with E-state index in [1.165, 1.54) is 29.3 Å². The number of ether oxygens (including phenoxy) is 1. The number of aromatic nitrogens is 2. The lowest BCUT2D eigenvalue weighted by Crippen LogP contribution is -2.14. The van der Waals surface area contributed by atoms with Gasteiger partial charge >= 0.3 is 0 Å². The van der Waals surface area contributed by atoms with Crippen LogP contribution in [0.2, 0.25) is 0 Å². The summed E-state index contributed by atoms with van der Waals surface area (Å²) in [5.41, 5.74) is 4.37. The van der Waals surface area contributed by atoms with Crippen molar-refractivity contribution in [3.63, 3.8) is 0 Å². The Balaban J connectivity index is 1.32. The lowest BCUT2D eigenvalue weighted by atomic mass is 10.1. The average Bonchev–Trinajstić information content (AvgIpc) is 3.36. The molecule has 0 spiro atoms. The van der Waals surface area contributed by atoms with Crippen LogP contribution in [-0.2, 0) is 17.6 Å². The molecular formula is C21H21N3O3S. The largest absolute Gasteiger partial charge is 0.494 e. The Morgan fingerprint density at radius 1 is 1.14 bits per heavy atom. The maximum atomic E-state index is 12.2. The summed E-state index contributed by atoms with van der Waals surface area (Å²) in [6.07, 6.45) is 3.41. The van der Waals surface area contributed by atoms with Crippen molar-refractivity contribution in [1.29, 1.82) is 0 Å². The Labute approximate surface area is 167 Å². The van der Waals surface area contributed by atoms with Crippen LogP contribution in [0.1, 0.15) is 24.5 Å². The number of hydrogen-bond donors (Lipinski definition) is 1. The second kappa shape index (κ2) is 8.48. The summed E-state index contributed by atoms with van der Waals surface area (Å²) in [6, 6.07) is 13.6. The molecule has 1 aliphatic carbocycles. The van der Waals surface area contributed by atoms with Gasteiger partial charge in [-0.1, -0.05) is 17.8 Å². The van der Waals surface area contributed by atoms with Crippen molar-refractivity contribution in [3.8, 4) is 17.2 Å². The van der Waals surface area contributed by atoms with Gasteiger partial charge in [-0.25, -0.2) is 0 Å². The van der Waals surface area contributed by atoms with Crippen LogP contribution in [0.5, 0.6) is 5.75 Å². The maximum absolute atomic E-state index is 12.2. The highest BCUT2D eigenvalue weighted by Gasteiger charge is 2.14. The monoisotopic (exact) mass is 395 g/mol. The lowest BCUT2D eigenvalue weighted by Gasteiger charge is -2.06. The topological polar surface area (TPSA) is 77.2 Å². The van der Waals surface area contributed by atoms with Gasteiger partial charge in [-0.3, -0.25) is 4.79 Å². The predicted molar refractivity (Wildman–Crippen MR) is 109 cm³/mol. The van der Waals surface area contributed by atoms with E-state index >= 15 is 0 Å². The zero-order valence-electron chi connectivity index (χ0n) is 15.6. The van der Waals surface area contributed by atoms with Crippen LogP contribution in [0.3, 0.4) is 0 Å². The number of aryl methyl sites for hydroxylation is 2. The van der Waals surface area contributed by atoms with Gasteiger partial charge in [-0.2, -0.15) is 0 Å². The van der Waals surface area contributed by atoms with Gasteiger partial charge in [0.2, 0.25) is 11.8 Å². The molecule has 6 nitrogen and oxygen atoms in total. The lowest BCUT2D eigenvalue weighted by molar-refractivity contribution is -0.113. The van der Waals surface area contributed by atoms with E-state index in [2.05, 4.69) is 27.6 Å². The second-order valence-corrected chi connectivity index (χ2v) is 7.43. The van der Waals surface area contributed by atoms with E-state index in [9.17, 15) is 4.79 Å². The SMILES string of the molecule is CCOc1ccc(-c2nnc(SCC(=O)Nc3ccc4c(c3)CCC4)o2)cc1. The number of nitrogens with zero attached hydrogens (tertiary/aromatic N) is 2. The van der Waals surface area contributed by atoms with Gasteiger partial charge in [0.15, 0.2) is 0 Å². The van der Waals surface area contributed by atoms with Crippen molar-refractivity contribution < 1.29 is 13.9 Å². The van der Waals surface area contributed by atoms with E-state index in [0.29, 0.717) is 17.7 Å². The predicted octanol–water partition coefficient (Wildman–Crippen LogP) is 4.35. The molecule has 28 heavy (non-hydrogen) atoms. The van der Waals surface area contributed by atoms with Gasteiger partial charge in [0, 0.05) is 11.3 Å². The fourth-order valence-corrected chi connectivity index (χ4v) is 3.78. The second-order valence-electron chi connectivity index (χ2n) is 6.50. The number of anilines is 1. The van der Waals surface area contributed by atoms with Gasteiger partial charge < -0.3 is 14.5 Å². The molecule has 0 atom stereocenters. The molecular weight excluding hydrogens is 374 g/mol.